The minimum absolute atomic E-state index is 0.131. The van der Waals surface area contributed by atoms with Gasteiger partial charge in [0.2, 0.25) is 11.8 Å². The van der Waals surface area contributed by atoms with Crippen LogP contribution in [0.4, 0.5) is 9.59 Å². The Morgan fingerprint density at radius 2 is 1.50 bits per heavy atom. The molecule has 1 unspecified atom stereocenters. The monoisotopic (exact) mass is 592 g/mol. The molecule has 12 heteroatoms. The molecule has 1 aromatic carbocycles. The summed E-state index contributed by atoms with van der Waals surface area (Å²) in [5.41, 5.74) is -0.498. The predicted molar refractivity (Wildman–Crippen MR) is 157 cm³/mol. The minimum atomic E-state index is -0.929. The molecule has 0 spiro atoms. The Hall–Kier alpha value is -3.83. The molecule has 1 rings (SSSR count). The second-order valence-electron chi connectivity index (χ2n) is 11.7. The summed E-state index contributed by atoms with van der Waals surface area (Å²) in [4.78, 5) is 63.4. The van der Waals surface area contributed by atoms with Crippen molar-refractivity contribution in [2.24, 2.45) is 0 Å². The number of ether oxygens (including phenoxy) is 3. The summed E-state index contributed by atoms with van der Waals surface area (Å²) >= 11 is 0. The number of carbonyl (C=O) groups excluding carboxylic acids is 5. The molecule has 1 aromatic rings. The van der Waals surface area contributed by atoms with E-state index in [0.717, 1.165) is 5.56 Å². The summed E-state index contributed by atoms with van der Waals surface area (Å²) in [6, 6.07) is 8.37. The Labute approximate surface area is 249 Å². The highest BCUT2D eigenvalue weighted by Crippen LogP contribution is 2.10. The highest BCUT2D eigenvalue weighted by atomic mass is 16.6. The van der Waals surface area contributed by atoms with Crippen LogP contribution in [0.15, 0.2) is 30.3 Å². The Kier molecular flexibility index (Phi) is 15.4. The number of hydrogen-bond acceptors (Lipinski definition) is 8. The average Bonchev–Trinajstić information content (AvgIpc) is 2.87. The van der Waals surface area contributed by atoms with Crippen molar-refractivity contribution in [1.29, 1.82) is 0 Å². The van der Waals surface area contributed by atoms with Crippen molar-refractivity contribution in [3.05, 3.63) is 35.9 Å². The number of unbranched alkanes of at least 4 members (excludes halogenated alkanes) is 1. The molecule has 3 N–H and O–H groups in total. The van der Waals surface area contributed by atoms with Crippen molar-refractivity contribution in [2.75, 3.05) is 26.2 Å². The first-order valence-corrected chi connectivity index (χ1v) is 14.3. The fraction of sp³-hybridized carbons (Fsp3) is 0.633. The summed E-state index contributed by atoms with van der Waals surface area (Å²) in [6.07, 6.45) is -0.285. The number of nitrogens with one attached hydrogen (secondary N) is 3. The first-order chi connectivity index (χ1) is 19.6. The molecule has 1 atom stereocenters. The molecule has 0 saturated carbocycles. The van der Waals surface area contributed by atoms with Crippen molar-refractivity contribution < 1.29 is 38.2 Å². The average molecular weight is 593 g/mol. The number of amides is 4. The summed E-state index contributed by atoms with van der Waals surface area (Å²) in [7, 11) is 0. The van der Waals surface area contributed by atoms with Crippen molar-refractivity contribution >= 4 is 30.0 Å². The van der Waals surface area contributed by atoms with E-state index in [9.17, 15) is 24.0 Å². The quantitative estimate of drug-likeness (QED) is 0.121. The summed E-state index contributed by atoms with van der Waals surface area (Å²) < 4.78 is 15.8. The van der Waals surface area contributed by atoms with Gasteiger partial charge in [0.1, 0.15) is 30.3 Å². The number of rotatable bonds is 15. The van der Waals surface area contributed by atoms with Gasteiger partial charge in [0, 0.05) is 26.2 Å². The normalized spacial score (nSPS) is 12.0. The first kappa shape index (κ1) is 36.2. The Bertz CT molecular complexity index is 1020. The van der Waals surface area contributed by atoms with Crippen molar-refractivity contribution in [3.8, 4) is 0 Å². The molecule has 0 saturated heterocycles. The van der Waals surface area contributed by atoms with Crippen molar-refractivity contribution in [3.63, 3.8) is 0 Å². The van der Waals surface area contributed by atoms with E-state index in [0.29, 0.717) is 25.9 Å². The SMILES string of the molecule is CCN(CCNC(=O)C(CCCCNC(=O)OC(C)(C)C)NC(=O)CC(=O)OC(C)(C)C)C(=O)OCc1ccccc1. The zero-order valence-electron chi connectivity index (χ0n) is 26.0. The van der Waals surface area contributed by atoms with Crippen LogP contribution >= 0.6 is 0 Å². The molecule has 0 radical (unpaired) electrons. The number of benzene rings is 1. The van der Waals surface area contributed by atoms with Crippen LogP contribution in [-0.2, 0) is 35.2 Å². The summed E-state index contributed by atoms with van der Waals surface area (Å²) in [5, 5.41) is 8.01. The fourth-order valence-corrected chi connectivity index (χ4v) is 3.63. The lowest BCUT2D eigenvalue weighted by atomic mass is 10.1. The molecule has 42 heavy (non-hydrogen) atoms. The van der Waals surface area contributed by atoms with E-state index >= 15 is 0 Å². The van der Waals surface area contributed by atoms with Crippen LogP contribution in [0.3, 0.4) is 0 Å². The first-order valence-electron chi connectivity index (χ1n) is 14.3. The number of carbonyl (C=O) groups is 5. The zero-order chi connectivity index (χ0) is 31.8. The Morgan fingerprint density at radius 1 is 0.857 bits per heavy atom. The number of alkyl carbamates (subject to hydrolysis) is 1. The van der Waals surface area contributed by atoms with Gasteiger partial charge in [0.05, 0.1) is 0 Å². The van der Waals surface area contributed by atoms with Crippen molar-refractivity contribution in [1.82, 2.24) is 20.9 Å². The van der Waals surface area contributed by atoms with Crippen molar-refractivity contribution in [2.45, 2.75) is 98.0 Å². The second kappa shape index (κ2) is 17.9. The van der Waals surface area contributed by atoms with Gasteiger partial charge in [-0.1, -0.05) is 30.3 Å². The fourth-order valence-electron chi connectivity index (χ4n) is 3.63. The molecule has 0 aliphatic heterocycles. The molecule has 0 aliphatic carbocycles. The summed E-state index contributed by atoms with van der Waals surface area (Å²) in [6.45, 7) is 13.4. The van der Waals surface area contributed by atoms with Crippen LogP contribution < -0.4 is 16.0 Å². The molecular weight excluding hydrogens is 544 g/mol. The molecule has 236 valence electrons. The van der Waals surface area contributed by atoms with Gasteiger partial charge in [-0.2, -0.15) is 0 Å². The smallest absolute Gasteiger partial charge is 0.410 e. The van der Waals surface area contributed by atoms with Crippen LogP contribution in [0.25, 0.3) is 0 Å². The number of esters is 1. The Balaban J connectivity index is 2.65. The van der Waals surface area contributed by atoms with E-state index in [2.05, 4.69) is 16.0 Å². The molecule has 0 aliphatic rings. The highest BCUT2D eigenvalue weighted by molar-refractivity contribution is 5.96. The van der Waals surface area contributed by atoms with Gasteiger partial charge in [0.15, 0.2) is 0 Å². The number of hydrogen-bond donors (Lipinski definition) is 3. The lowest BCUT2D eigenvalue weighted by Crippen LogP contribution is -2.49. The topological polar surface area (TPSA) is 152 Å². The molecule has 0 heterocycles. The lowest BCUT2D eigenvalue weighted by Gasteiger charge is -2.23. The maximum Gasteiger partial charge on any atom is 0.410 e. The largest absolute Gasteiger partial charge is 0.460 e. The lowest BCUT2D eigenvalue weighted by molar-refractivity contribution is -0.156. The third-order valence-corrected chi connectivity index (χ3v) is 5.49. The summed E-state index contributed by atoms with van der Waals surface area (Å²) in [5.74, 6) is -1.80. The standard InChI is InChI=1S/C30H48N4O8/c1-8-34(28(39)40-21-22-14-10-9-11-15-22)19-18-31-26(37)23(33-24(35)20-25(36)41-29(2,3)4)16-12-13-17-32-27(38)42-30(5,6)7/h9-11,14-15,23H,8,12-13,16-21H2,1-7H3,(H,31,37)(H,32,38)(H,33,35). The number of nitrogens with zero attached hydrogens (tertiary/aromatic N) is 1. The van der Waals surface area contributed by atoms with Gasteiger partial charge >= 0.3 is 18.2 Å². The van der Waals surface area contributed by atoms with E-state index in [4.69, 9.17) is 14.2 Å². The van der Waals surface area contributed by atoms with Gasteiger partial charge in [0.25, 0.3) is 0 Å². The van der Waals surface area contributed by atoms with Crippen LogP contribution in [0.2, 0.25) is 0 Å². The zero-order valence-corrected chi connectivity index (χ0v) is 26.0. The molecule has 0 aromatic heterocycles. The van der Waals surface area contributed by atoms with E-state index < -0.39 is 53.6 Å². The minimum Gasteiger partial charge on any atom is -0.460 e. The van der Waals surface area contributed by atoms with Gasteiger partial charge in [-0.3, -0.25) is 14.4 Å². The van der Waals surface area contributed by atoms with Crippen LogP contribution in [0, 0.1) is 0 Å². The van der Waals surface area contributed by atoms with Gasteiger partial charge in [-0.15, -0.1) is 0 Å². The van der Waals surface area contributed by atoms with E-state index in [1.165, 1.54) is 4.90 Å². The number of likely N-dealkylation sites (N-methyl/N-ethyl adjacent to an activating group) is 1. The highest BCUT2D eigenvalue weighted by Gasteiger charge is 2.24. The van der Waals surface area contributed by atoms with Crippen LogP contribution in [0.1, 0.15) is 79.7 Å². The van der Waals surface area contributed by atoms with E-state index in [-0.39, 0.29) is 26.1 Å². The third-order valence-electron chi connectivity index (χ3n) is 5.49. The maximum absolute atomic E-state index is 13.0. The Morgan fingerprint density at radius 3 is 2.10 bits per heavy atom. The predicted octanol–water partition coefficient (Wildman–Crippen LogP) is 3.67. The van der Waals surface area contributed by atoms with Gasteiger partial charge < -0.3 is 35.1 Å². The molecule has 4 amide bonds. The third kappa shape index (κ3) is 17.1. The molecule has 12 nitrogen and oxygen atoms in total. The molecule has 0 bridgehead atoms. The van der Waals surface area contributed by atoms with Crippen LogP contribution in [-0.4, -0.2) is 78.3 Å². The molecule has 0 fully saturated rings. The molecular formula is C30H48N4O8. The second-order valence-corrected chi connectivity index (χ2v) is 11.7. The van der Waals surface area contributed by atoms with Gasteiger partial charge in [-0.05, 0) is 73.3 Å². The maximum atomic E-state index is 13.0. The van der Waals surface area contributed by atoms with Crippen LogP contribution in [0.5, 0.6) is 0 Å². The van der Waals surface area contributed by atoms with E-state index in [1.54, 1.807) is 48.5 Å². The van der Waals surface area contributed by atoms with Gasteiger partial charge in [-0.25, -0.2) is 9.59 Å². The van der Waals surface area contributed by atoms with E-state index in [1.807, 2.05) is 30.3 Å².